The van der Waals surface area contributed by atoms with Crippen LogP contribution in [0.3, 0.4) is 0 Å². The van der Waals surface area contributed by atoms with Gasteiger partial charge in [-0.15, -0.1) is 0 Å². The van der Waals surface area contributed by atoms with Crippen molar-refractivity contribution in [3.8, 4) is 0 Å². The van der Waals surface area contributed by atoms with E-state index < -0.39 is 5.82 Å². The summed E-state index contributed by atoms with van der Waals surface area (Å²) in [6.45, 7) is 0. The van der Waals surface area contributed by atoms with Gasteiger partial charge < -0.3 is 4.40 Å². The molecule has 0 amide bonds. The van der Waals surface area contributed by atoms with Crippen molar-refractivity contribution in [2.75, 3.05) is 0 Å². The Kier molecular flexibility index (Phi) is 2.43. The monoisotopic (exact) mass is 304 g/mol. The lowest BCUT2D eigenvalue weighted by atomic mass is 10.2. The highest BCUT2D eigenvalue weighted by Gasteiger charge is 2.09. The number of benzene rings is 2. The molecule has 0 N–H and O–H groups in total. The van der Waals surface area contributed by atoms with E-state index in [9.17, 15) is 4.39 Å². The van der Waals surface area contributed by atoms with Crippen molar-refractivity contribution in [3.63, 3.8) is 0 Å². The van der Waals surface area contributed by atoms with Crippen molar-refractivity contribution in [3.05, 3.63) is 58.5 Å². The van der Waals surface area contributed by atoms with Crippen LogP contribution in [0.25, 0.3) is 27.5 Å². The smallest absolute Gasteiger partial charge is 0.142 e. The maximum atomic E-state index is 13.5. The van der Waals surface area contributed by atoms with Crippen molar-refractivity contribution < 1.29 is 4.39 Å². The van der Waals surface area contributed by atoms with Crippen molar-refractivity contribution in [2.24, 2.45) is 0 Å². The first-order valence-corrected chi connectivity index (χ1v) is 6.73. The molecule has 98 valence electrons. The van der Waals surface area contributed by atoms with Gasteiger partial charge in [0, 0.05) is 22.0 Å². The molecule has 0 saturated heterocycles. The molecule has 0 unspecified atom stereocenters. The van der Waals surface area contributed by atoms with E-state index in [2.05, 4.69) is 4.98 Å². The fourth-order valence-corrected chi connectivity index (χ4v) is 2.74. The average Bonchev–Trinajstić information content (AvgIpc) is 2.73. The van der Waals surface area contributed by atoms with Gasteiger partial charge in [0.1, 0.15) is 11.5 Å². The zero-order valence-corrected chi connectivity index (χ0v) is 11.6. The summed E-state index contributed by atoms with van der Waals surface area (Å²) < 4.78 is 15.4. The summed E-state index contributed by atoms with van der Waals surface area (Å²) >= 11 is 11.8. The van der Waals surface area contributed by atoms with Gasteiger partial charge in [-0.1, -0.05) is 23.2 Å². The Morgan fingerprint density at radius 2 is 1.85 bits per heavy atom. The molecule has 0 radical (unpaired) electrons. The third-order valence-electron chi connectivity index (χ3n) is 3.36. The number of hydrogen-bond donors (Lipinski definition) is 0. The molecule has 20 heavy (non-hydrogen) atoms. The average molecular weight is 305 g/mol. The summed E-state index contributed by atoms with van der Waals surface area (Å²) in [6, 6.07) is 10.4. The molecule has 0 spiro atoms. The molecular weight excluding hydrogens is 298 g/mol. The van der Waals surface area contributed by atoms with E-state index in [1.54, 1.807) is 6.07 Å². The van der Waals surface area contributed by atoms with E-state index in [0.717, 1.165) is 27.5 Å². The van der Waals surface area contributed by atoms with Gasteiger partial charge in [0.15, 0.2) is 0 Å². The fraction of sp³-hybridized carbons (Fsp3) is 0. The maximum absolute atomic E-state index is 13.5. The Bertz CT molecular complexity index is 992. The van der Waals surface area contributed by atoms with Crippen LogP contribution in [0.2, 0.25) is 10.0 Å². The van der Waals surface area contributed by atoms with Gasteiger partial charge in [-0.3, -0.25) is 0 Å². The molecule has 2 aromatic carbocycles. The summed E-state index contributed by atoms with van der Waals surface area (Å²) in [6.07, 6.45) is 1.95. The molecular formula is C15H7Cl2FN2. The van der Waals surface area contributed by atoms with Crippen LogP contribution in [0.5, 0.6) is 0 Å². The summed E-state index contributed by atoms with van der Waals surface area (Å²) in [5, 5.41) is 2.47. The van der Waals surface area contributed by atoms with Crippen LogP contribution in [-0.4, -0.2) is 9.38 Å². The topological polar surface area (TPSA) is 17.3 Å². The fourth-order valence-electron chi connectivity index (χ4n) is 2.42. The molecule has 0 fully saturated rings. The van der Waals surface area contributed by atoms with Crippen molar-refractivity contribution in [1.82, 2.24) is 9.38 Å². The number of aromatic nitrogens is 2. The van der Waals surface area contributed by atoms with Crippen LogP contribution in [0, 0.1) is 5.82 Å². The van der Waals surface area contributed by atoms with Gasteiger partial charge in [-0.05, 0) is 36.4 Å². The van der Waals surface area contributed by atoms with Gasteiger partial charge in [-0.25, -0.2) is 9.37 Å². The summed E-state index contributed by atoms with van der Waals surface area (Å²) in [5.41, 5.74) is 2.37. The van der Waals surface area contributed by atoms with Crippen LogP contribution >= 0.6 is 23.2 Å². The second kappa shape index (κ2) is 4.08. The van der Waals surface area contributed by atoms with Crippen molar-refractivity contribution >= 4 is 50.7 Å². The summed E-state index contributed by atoms with van der Waals surface area (Å²) in [5.74, 6) is -0.428. The van der Waals surface area contributed by atoms with Crippen LogP contribution in [-0.2, 0) is 0 Å². The molecule has 0 aliphatic rings. The number of rotatable bonds is 0. The first-order valence-electron chi connectivity index (χ1n) is 5.98. The molecule has 4 rings (SSSR count). The van der Waals surface area contributed by atoms with Crippen LogP contribution < -0.4 is 0 Å². The Balaban J connectivity index is 2.19. The predicted octanol–water partition coefficient (Wildman–Crippen LogP) is 5.09. The molecule has 0 atom stereocenters. The normalized spacial score (nSPS) is 11.8. The van der Waals surface area contributed by atoms with Crippen LogP contribution in [0.15, 0.2) is 42.6 Å². The van der Waals surface area contributed by atoms with E-state index >= 15 is 0 Å². The highest BCUT2D eigenvalue weighted by molar-refractivity contribution is 6.31. The minimum absolute atomic E-state index is 0.105. The molecule has 2 aromatic heterocycles. The van der Waals surface area contributed by atoms with Crippen molar-refractivity contribution in [1.29, 1.82) is 0 Å². The first-order chi connectivity index (χ1) is 9.61. The Hall–Kier alpha value is -1.84. The third kappa shape index (κ3) is 1.67. The highest BCUT2D eigenvalue weighted by atomic mass is 35.5. The van der Waals surface area contributed by atoms with E-state index in [4.69, 9.17) is 23.2 Å². The number of halogens is 3. The van der Waals surface area contributed by atoms with Crippen LogP contribution in [0.1, 0.15) is 0 Å². The highest BCUT2D eigenvalue weighted by Crippen LogP contribution is 2.27. The van der Waals surface area contributed by atoms with Crippen LogP contribution in [0.4, 0.5) is 4.39 Å². The van der Waals surface area contributed by atoms with E-state index in [-0.39, 0.29) is 5.02 Å². The van der Waals surface area contributed by atoms with Crippen molar-refractivity contribution in [2.45, 2.75) is 0 Å². The largest absolute Gasteiger partial charge is 0.300 e. The minimum atomic E-state index is -0.428. The summed E-state index contributed by atoms with van der Waals surface area (Å²) in [7, 11) is 0. The zero-order chi connectivity index (χ0) is 13.9. The summed E-state index contributed by atoms with van der Waals surface area (Å²) in [4.78, 5) is 4.55. The van der Waals surface area contributed by atoms with Gasteiger partial charge in [0.05, 0.1) is 16.1 Å². The second-order valence-corrected chi connectivity index (χ2v) is 5.49. The Labute approximate surface area is 123 Å². The molecule has 4 aromatic rings. The molecule has 2 nitrogen and oxygen atoms in total. The lowest BCUT2D eigenvalue weighted by molar-refractivity contribution is 0.630. The molecule has 0 aliphatic heterocycles. The molecule has 0 saturated carbocycles. The number of nitrogens with zero attached hydrogens (tertiary/aromatic N) is 2. The predicted molar refractivity (Wildman–Crippen MR) is 80.2 cm³/mol. The van der Waals surface area contributed by atoms with Gasteiger partial charge in [-0.2, -0.15) is 0 Å². The molecule has 0 aliphatic carbocycles. The minimum Gasteiger partial charge on any atom is -0.300 e. The lowest BCUT2D eigenvalue weighted by Crippen LogP contribution is -1.89. The van der Waals surface area contributed by atoms with Gasteiger partial charge >= 0.3 is 0 Å². The first kappa shape index (κ1) is 11.9. The maximum Gasteiger partial charge on any atom is 0.142 e. The Morgan fingerprint density at radius 1 is 1.00 bits per heavy atom. The van der Waals surface area contributed by atoms with Gasteiger partial charge in [0.25, 0.3) is 0 Å². The Morgan fingerprint density at radius 3 is 2.70 bits per heavy atom. The number of fused-ring (bicyclic) bond motifs is 4. The third-order valence-corrected chi connectivity index (χ3v) is 3.88. The lowest BCUT2D eigenvalue weighted by Gasteiger charge is -2.02. The molecule has 0 bridgehead atoms. The quantitative estimate of drug-likeness (QED) is 0.442. The van der Waals surface area contributed by atoms with E-state index in [1.165, 1.54) is 6.07 Å². The SMILES string of the molecule is Fc1cc2cc3nc4cc(Cl)ccc4cn3c2cc1Cl. The van der Waals surface area contributed by atoms with E-state index in [1.807, 2.05) is 34.9 Å². The molecule has 2 heterocycles. The van der Waals surface area contributed by atoms with Gasteiger partial charge in [0.2, 0.25) is 0 Å². The number of hydrogen-bond acceptors (Lipinski definition) is 1. The molecule has 5 heteroatoms. The zero-order valence-electron chi connectivity index (χ0n) is 10.1. The van der Waals surface area contributed by atoms with E-state index in [0.29, 0.717) is 5.02 Å². The second-order valence-electron chi connectivity index (χ2n) is 4.64. The standard InChI is InChI=1S/C15H7Cl2FN2/c16-10-2-1-8-7-20-14-6-11(17)12(18)3-9(14)4-15(20)19-13(8)5-10/h1-7H.